The fourth-order valence-electron chi connectivity index (χ4n) is 3.17. The van der Waals surface area contributed by atoms with Gasteiger partial charge in [-0.2, -0.15) is 0 Å². The van der Waals surface area contributed by atoms with E-state index in [9.17, 15) is 0 Å². The van der Waals surface area contributed by atoms with Gasteiger partial charge in [-0.25, -0.2) is 4.98 Å². The van der Waals surface area contributed by atoms with E-state index in [1.807, 2.05) is 12.4 Å². The molecule has 0 spiro atoms. The lowest BCUT2D eigenvalue weighted by atomic mass is 10.2. The van der Waals surface area contributed by atoms with Gasteiger partial charge < -0.3 is 9.88 Å². The van der Waals surface area contributed by atoms with Gasteiger partial charge in [-0.3, -0.25) is 4.90 Å². The first-order chi connectivity index (χ1) is 10.2. The minimum Gasteiger partial charge on any atom is -0.331 e. The zero-order valence-electron chi connectivity index (χ0n) is 13.1. The molecule has 1 aromatic carbocycles. The number of likely N-dealkylation sites (tertiary alicyclic amines) is 1. The SMILES string of the molecule is CC(C)N1CCC(NCCCn2cnc3ccccc32)C1. The molecule has 3 rings (SSSR count). The zero-order valence-corrected chi connectivity index (χ0v) is 13.1. The number of benzene rings is 1. The fourth-order valence-corrected chi connectivity index (χ4v) is 3.17. The smallest absolute Gasteiger partial charge is 0.0958 e. The number of nitrogens with zero attached hydrogens (tertiary/aromatic N) is 3. The summed E-state index contributed by atoms with van der Waals surface area (Å²) in [6.45, 7) is 9.13. The second-order valence-corrected chi connectivity index (χ2v) is 6.31. The van der Waals surface area contributed by atoms with Crippen molar-refractivity contribution in [3.63, 3.8) is 0 Å². The molecule has 1 atom stereocenters. The van der Waals surface area contributed by atoms with Crippen LogP contribution in [0.1, 0.15) is 26.7 Å². The van der Waals surface area contributed by atoms with E-state index in [0.29, 0.717) is 12.1 Å². The van der Waals surface area contributed by atoms with Gasteiger partial charge in [0, 0.05) is 25.2 Å². The average molecular weight is 286 g/mol. The molecule has 1 unspecified atom stereocenters. The van der Waals surface area contributed by atoms with Crippen molar-refractivity contribution in [3.05, 3.63) is 30.6 Å². The Morgan fingerprint density at radius 2 is 2.19 bits per heavy atom. The van der Waals surface area contributed by atoms with Crippen LogP contribution in [0.2, 0.25) is 0 Å². The molecule has 4 heteroatoms. The van der Waals surface area contributed by atoms with Crippen LogP contribution in [-0.4, -0.2) is 46.2 Å². The van der Waals surface area contributed by atoms with E-state index < -0.39 is 0 Å². The first-order valence-electron chi connectivity index (χ1n) is 8.11. The first-order valence-corrected chi connectivity index (χ1v) is 8.11. The summed E-state index contributed by atoms with van der Waals surface area (Å²) in [6, 6.07) is 9.69. The van der Waals surface area contributed by atoms with Gasteiger partial charge in [-0.15, -0.1) is 0 Å². The molecule has 4 nitrogen and oxygen atoms in total. The monoisotopic (exact) mass is 286 g/mol. The van der Waals surface area contributed by atoms with Crippen LogP contribution in [0, 0.1) is 0 Å². The number of nitrogens with one attached hydrogen (secondary N) is 1. The van der Waals surface area contributed by atoms with Crippen molar-refractivity contribution in [2.45, 2.75) is 45.3 Å². The highest BCUT2D eigenvalue weighted by molar-refractivity contribution is 5.74. The van der Waals surface area contributed by atoms with Gasteiger partial charge >= 0.3 is 0 Å². The van der Waals surface area contributed by atoms with E-state index in [1.165, 1.54) is 25.0 Å². The first kappa shape index (κ1) is 14.5. The maximum atomic E-state index is 4.44. The minimum atomic E-state index is 0.673. The Hall–Kier alpha value is -1.39. The zero-order chi connectivity index (χ0) is 14.7. The summed E-state index contributed by atoms with van der Waals surface area (Å²) >= 11 is 0. The van der Waals surface area contributed by atoms with Gasteiger partial charge in [0.25, 0.3) is 0 Å². The third-order valence-corrected chi connectivity index (χ3v) is 4.49. The van der Waals surface area contributed by atoms with Crippen molar-refractivity contribution >= 4 is 11.0 Å². The van der Waals surface area contributed by atoms with Crippen molar-refractivity contribution < 1.29 is 0 Å². The van der Waals surface area contributed by atoms with Crippen LogP contribution in [0.25, 0.3) is 11.0 Å². The predicted octanol–water partition coefficient (Wildman–Crippen LogP) is 2.50. The number of rotatable bonds is 6. The number of fused-ring (bicyclic) bond motifs is 1. The number of aryl methyl sites for hydroxylation is 1. The summed E-state index contributed by atoms with van der Waals surface area (Å²) in [5, 5.41) is 3.70. The third-order valence-electron chi connectivity index (χ3n) is 4.49. The molecule has 1 aliphatic rings. The van der Waals surface area contributed by atoms with Crippen molar-refractivity contribution in [1.82, 2.24) is 19.8 Å². The summed E-state index contributed by atoms with van der Waals surface area (Å²) < 4.78 is 2.26. The van der Waals surface area contributed by atoms with Gasteiger partial charge in [-0.05, 0) is 51.9 Å². The van der Waals surface area contributed by atoms with E-state index >= 15 is 0 Å². The maximum absolute atomic E-state index is 4.44. The van der Waals surface area contributed by atoms with E-state index in [2.05, 4.69) is 51.8 Å². The summed E-state index contributed by atoms with van der Waals surface area (Å²) in [4.78, 5) is 7.00. The highest BCUT2D eigenvalue weighted by Gasteiger charge is 2.23. The van der Waals surface area contributed by atoms with Crippen LogP contribution >= 0.6 is 0 Å². The molecular weight excluding hydrogens is 260 g/mol. The Morgan fingerprint density at radius 3 is 3.00 bits per heavy atom. The largest absolute Gasteiger partial charge is 0.331 e. The van der Waals surface area contributed by atoms with Crippen LogP contribution < -0.4 is 5.32 Å². The molecule has 1 aliphatic heterocycles. The molecule has 21 heavy (non-hydrogen) atoms. The molecule has 0 radical (unpaired) electrons. The maximum Gasteiger partial charge on any atom is 0.0958 e. The standard InChI is InChI=1S/C17H26N4/c1-14(2)20-11-8-15(12-20)18-9-5-10-21-13-19-16-6-3-4-7-17(16)21/h3-4,6-7,13-15,18H,5,8-12H2,1-2H3. The van der Waals surface area contributed by atoms with Crippen molar-refractivity contribution in [2.75, 3.05) is 19.6 Å². The highest BCUT2D eigenvalue weighted by Crippen LogP contribution is 2.13. The number of hydrogen-bond donors (Lipinski definition) is 1. The Kier molecular flexibility index (Phi) is 4.56. The molecule has 2 heterocycles. The Balaban J connectivity index is 1.43. The third kappa shape index (κ3) is 3.44. The summed E-state index contributed by atoms with van der Waals surface area (Å²) in [6.07, 6.45) is 4.39. The average Bonchev–Trinajstić information content (AvgIpc) is 3.11. The van der Waals surface area contributed by atoms with Gasteiger partial charge in [0.05, 0.1) is 17.4 Å². The number of aromatic nitrogens is 2. The van der Waals surface area contributed by atoms with E-state index in [1.54, 1.807) is 0 Å². The molecule has 1 aromatic heterocycles. The van der Waals surface area contributed by atoms with Gasteiger partial charge in [0.1, 0.15) is 0 Å². The normalized spacial score (nSPS) is 19.9. The van der Waals surface area contributed by atoms with Crippen molar-refractivity contribution in [1.29, 1.82) is 0 Å². The Morgan fingerprint density at radius 1 is 1.33 bits per heavy atom. The lowest BCUT2D eigenvalue weighted by molar-refractivity contribution is 0.268. The van der Waals surface area contributed by atoms with Crippen molar-refractivity contribution in [3.8, 4) is 0 Å². The fraction of sp³-hybridized carbons (Fsp3) is 0.588. The molecule has 1 N–H and O–H groups in total. The molecule has 0 bridgehead atoms. The highest BCUT2D eigenvalue weighted by atomic mass is 15.2. The molecule has 0 saturated carbocycles. The molecule has 1 saturated heterocycles. The number of imidazole rings is 1. The van der Waals surface area contributed by atoms with E-state index in [4.69, 9.17) is 0 Å². The molecule has 0 aliphatic carbocycles. The van der Waals surface area contributed by atoms with Crippen LogP contribution in [-0.2, 0) is 6.54 Å². The summed E-state index contributed by atoms with van der Waals surface area (Å²) in [7, 11) is 0. The lowest BCUT2D eigenvalue weighted by Gasteiger charge is -2.20. The van der Waals surface area contributed by atoms with Gasteiger partial charge in [-0.1, -0.05) is 12.1 Å². The van der Waals surface area contributed by atoms with Gasteiger partial charge in [0.2, 0.25) is 0 Å². The summed E-state index contributed by atoms with van der Waals surface area (Å²) in [5.41, 5.74) is 2.33. The number of hydrogen-bond acceptors (Lipinski definition) is 3. The summed E-state index contributed by atoms with van der Waals surface area (Å²) in [5.74, 6) is 0. The quantitative estimate of drug-likeness (QED) is 0.828. The predicted molar refractivity (Wildman–Crippen MR) is 87.5 cm³/mol. The second kappa shape index (κ2) is 6.58. The van der Waals surface area contributed by atoms with Crippen LogP contribution in [0.15, 0.2) is 30.6 Å². The molecule has 114 valence electrons. The molecule has 2 aromatic rings. The second-order valence-electron chi connectivity index (χ2n) is 6.31. The van der Waals surface area contributed by atoms with Crippen LogP contribution in [0.5, 0.6) is 0 Å². The van der Waals surface area contributed by atoms with Crippen molar-refractivity contribution in [2.24, 2.45) is 0 Å². The van der Waals surface area contributed by atoms with E-state index in [0.717, 1.165) is 25.0 Å². The van der Waals surface area contributed by atoms with Crippen LogP contribution in [0.4, 0.5) is 0 Å². The topological polar surface area (TPSA) is 33.1 Å². The molecule has 1 fully saturated rings. The van der Waals surface area contributed by atoms with E-state index in [-0.39, 0.29) is 0 Å². The van der Waals surface area contributed by atoms with Gasteiger partial charge in [0.15, 0.2) is 0 Å². The molecular formula is C17H26N4. The Labute approximate surface area is 127 Å². The van der Waals surface area contributed by atoms with Crippen LogP contribution in [0.3, 0.4) is 0 Å². The number of para-hydroxylation sites is 2. The lowest BCUT2D eigenvalue weighted by Crippen LogP contribution is -2.35. The minimum absolute atomic E-state index is 0.673. The molecule has 0 amide bonds. The Bertz CT molecular complexity index is 575.